The van der Waals surface area contributed by atoms with Crippen molar-refractivity contribution in [1.29, 1.82) is 0 Å². The van der Waals surface area contributed by atoms with Crippen molar-refractivity contribution in [2.75, 3.05) is 20.2 Å². The minimum Gasteiger partial charge on any atom is -0.465 e. The average molecular weight is 352 g/mol. The maximum Gasteiger partial charge on any atom is 0.417 e. The van der Waals surface area contributed by atoms with Crippen LogP contribution in [0.25, 0.3) is 0 Å². The summed E-state index contributed by atoms with van der Waals surface area (Å²) >= 11 is 0. The lowest BCUT2D eigenvalue weighted by Gasteiger charge is -2.15. The molecule has 1 saturated heterocycles. The van der Waals surface area contributed by atoms with Crippen LogP contribution >= 0.6 is 0 Å². The van der Waals surface area contributed by atoms with Crippen LogP contribution in [0.4, 0.5) is 13.2 Å². The van der Waals surface area contributed by atoms with Gasteiger partial charge >= 0.3 is 12.1 Å². The van der Waals surface area contributed by atoms with Gasteiger partial charge in [-0.1, -0.05) is 0 Å². The first-order valence-electron chi connectivity index (χ1n) is 6.68. The lowest BCUT2D eigenvalue weighted by atomic mass is 10.1. The zero-order valence-corrected chi connectivity index (χ0v) is 12.9. The van der Waals surface area contributed by atoms with Gasteiger partial charge in [-0.05, 0) is 31.2 Å². The van der Waals surface area contributed by atoms with E-state index in [9.17, 15) is 26.4 Å². The minimum atomic E-state index is -4.88. The van der Waals surface area contributed by atoms with E-state index in [2.05, 4.69) is 14.8 Å². The molecule has 1 aromatic rings. The summed E-state index contributed by atoms with van der Waals surface area (Å²) in [6.45, 7) is 1.04. The lowest BCUT2D eigenvalue weighted by Crippen LogP contribution is -2.36. The van der Waals surface area contributed by atoms with E-state index in [0.717, 1.165) is 19.2 Å². The van der Waals surface area contributed by atoms with E-state index in [1.54, 1.807) is 0 Å². The largest absolute Gasteiger partial charge is 0.465 e. The average Bonchev–Trinajstić information content (AvgIpc) is 2.97. The molecule has 1 fully saturated rings. The number of esters is 1. The Kier molecular flexibility index (Phi) is 4.97. The molecule has 2 N–H and O–H groups in total. The number of methoxy groups -OCH3 is 1. The molecule has 1 aliphatic heterocycles. The second kappa shape index (κ2) is 6.46. The normalized spacial score (nSPS) is 18.9. The quantitative estimate of drug-likeness (QED) is 0.794. The molecule has 1 atom stereocenters. The number of alkyl halides is 3. The number of carbonyl (C=O) groups is 1. The minimum absolute atomic E-state index is 0.380. The summed E-state index contributed by atoms with van der Waals surface area (Å²) in [5.41, 5.74) is -2.08. The first-order chi connectivity index (χ1) is 10.6. The van der Waals surface area contributed by atoms with Gasteiger partial charge in [0.25, 0.3) is 0 Å². The van der Waals surface area contributed by atoms with E-state index in [-0.39, 0.29) is 6.04 Å². The van der Waals surface area contributed by atoms with E-state index in [0.29, 0.717) is 25.6 Å². The molecule has 23 heavy (non-hydrogen) atoms. The molecule has 0 bridgehead atoms. The molecule has 2 rings (SSSR count). The number of hydrogen-bond donors (Lipinski definition) is 2. The lowest BCUT2D eigenvalue weighted by molar-refractivity contribution is -0.138. The van der Waals surface area contributed by atoms with E-state index in [1.807, 2.05) is 0 Å². The zero-order chi connectivity index (χ0) is 17.3. The van der Waals surface area contributed by atoms with Gasteiger partial charge in [-0.3, -0.25) is 0 Å². The summed E-state index contributed by atoms with van der Waals surface area (Å²) in [7, 11) is -3.17. The third kappa shape index (κ3) is 4.01. The second-order valence-corrected chi connectivity index (χ2v) is 6.72. The molecule has 0 aliphatic carbocycles. The van der Waals surface area contributed by atoms with Gasteiger partial charge in [0.15, 0.2) is 0 Å². The fourth-order valence-corrected chi connectivity index (χ4v) is 3.55. The molecule has 0 spiro atoms. The van der Waals surface area contributed by atoms with Crippen LogP contribution in [0.2, 0.25) is 0 Å². The van der Waals surface area contributed by atoms with Crippen LogP contribution < -0.4 is 10.0 Å². The molecule has 1 aliphatic rings. The SMILES string of the molecule is COC(=O)c1ccc(S(=O)(=O)NC2CCNC2)cc1C(F)(F)F. The summed E-state index contributed by atoms with van der Waals surface area (Å²) < 4.78 is 70.3. The third-order valence-electron chi connectivity index (χ3n) is 3.39. The predicted octanol–water partition coefficient (Wildman–Crippen LogP) is 1.13. The van der Waals surface area contributed by atoms with E-state index < -0.39 is 38.2 Å². The smallest absolute Gasteiger partial charge is 0.417 e. The maximum atomic E-state index is 13.1. The molecule has 0 radical (unpaired) electrons. The van der Waals surface area contributed by atoms with Crippen molar-refractivity contribution < 1.29 is 31.1 Å². The monoisotopic (exact) mass is 352 g/mol. The predicted molar refractivity (Wildman–Crippen MR) is 74.4 cm³/mol. The molecular formula is C13H15F3N2O4S. The highest BCUT2D eigenvalue weighted by Gasteiger charge is 2.37. The Balaban J connectivity index is 2.42. The number of hydrogen-bond acceptors (Lipinski definition) is 5. The molecule has 0 saturated carbocycles. The number of halogens is 3. The Bertz CT molecular complexity index is 698. The molecule has 1 aromatic carbocycles. The van der Waals surface area contributed by atoms with Crippen LogP contribution in [0.3, 0.4) is 0 Å². The molecule has 1 unspecified atom stereocenters. The number of carbonyl (C=O) groups excluding carboxylic acids is 1. The first-order valence-corrected chi connectivity index (χ1v) is 8.16. The number of rotatable bonds is 4. The Labute approximate surface area is 131 Å². The fraction of sp³-hybridized carbons (Fsp3) is 0.462. The van der Waals surface area contributed by atoms with E-state index >= 15 is 0 Å². The van der Waals surface area contributed by atoms with Crippen LogP contribution in [0, 0.1) is 0 Å². The van der Waals surface area contributed by atoms with Gasteiger partial charge in [-0.15, -0.1) is 0 Å². The molecule has 128 valence electrons. The zero-order valence-electron chi connectivity index (χ0n) is 12.1. The molecule has 0 aromatic heterocycles. The van der Waals surface area contributed by atoms with Crippen LogP contribution in [0.1, 0.15) is 22.3 Å². The van der Waals surface area contributed by atoms with Gasteiger partial charge in [0.2, 0.25) is 10.0 Å². The van der Waals surface area contributed by atoms with Crippen molar-refractivity contribution in [2.45, 2.75) is 23.5 Å². The van der Waals surface area contributed by atoms with Gasteiger partial charge in [0.05, 0.1) is 23.1 Å². The van der Waals surface area contributed by atoms with Gasteiger partial charge in [0, 0.05) is 12.6 Å². The standard InChI is InChI=1S/C13H15F3N2O4S/c1-22-12(19)10-3-2-9(6-11(10)13(14,15)16)23(20,21)18-8-4-5-17-7-8/h2-3,6,8,17-18H,4-5,7H2,1H3. The topological polar surface area (TPSA) is 84.5 Å². The molecule has 10 heteroatoms. The Morgan fingerprint density at radius 3 is 2.61 bits per heavy atom. The van der Waals surface area contributed by atoms with E-state index in [4.69, 9.17) is 0 Å². The van der Waals surface area contributed by atoms with Gasteiger partial charge in [-0.25, -0.2) is 17.9 Å². The second-order valence-electron chi connectivity index (χ2n) is 5.01. The molecule has 1 heterocycles. The number of benzene rings is 1. The van der Waals surface area contributed by atoms with Crippen molar-refractivity contribution in [2.24, 2.45) is 0 Å². The Hall–Kier alpha value is -1.65. The van der Waals surface area contributed by atoms with E-state index in [1.165, 1.54) is 0 Å². The van der Waals surface area contributed by atoms with Gasteiger partial charge in [-0.2, -0.15) is 13.2 Å². The summed E-state index contributed by atoms with van der Waals surface area (Å²) in [6.07, 6.45) is -4.34. The highest BCUT2D eigenvalue weighted by molar-refractivity contribution is 7.89. The highest BCUT2D eigenvalue weighted by Crippen LogP contribution is 2.34. The Morgan fingerprint density at radius 1 is 1.39 bits per heavy atom. The summed E-state index contributed by atoms with van der Waals surface area (Å²) in [5, 5.41) is 2.95. The number of ether oxygens (including phenoxy) is 1. The van der Waals surface area contributed by atoms with Crippen molar-refractivity contribution in [1.82, 2.24) is 10.0 Å². The van der Waals surface area contributed by atoms with Crippen LogP contribution in [0.15, 0.2) is 23.1 Å². The number of nitrogens with one attached hydrogen (secondary N) is 2. The van der Waals surface area contributed by atoms with Crippen LogP contribution in [0.5, 0.6) is 0 Å². The van der Waals surface area contributed by atoms with Crippen molar-refractivity contribution in [3.05, 3.63) is 29.3 Å². The van der Waals surface area contributed by atoms with Crippen LogP contribution in [-0.2, 0) is 20.9 Å². The third-order valence-corrected chi connectivity index (χ3v) is 4.91. The molecule has 0 amide bonds. The summed E-state index contributed by atoms with van der Waals surface area (Å²) in [5.74, 6) is -1.19. The summed E-state index contributed by atoms with van der Waals surface area (Å²) in [6, 6.07) is 1.81. The fourth-order valence-electron chi connectivity index (χ4n) is 2.26. The molecular weight excluding hydrogens is 337 g/mol. The number of sulfonamides is 1. The first kappa shape index (κ1) is 17.7. The van der Waals surface area contributed by atoms with Gasteiger partial charge < -0.3 is 10.1 Å². The van der Waals surface area contributed by atoms with Crippen molar-refractivity contribution in [3.8, 4) is 0 Å². The Morgan fingerprint density at radius 2 is 2.09 bits per heavy atom. The van der Waals surface area contributed by atoms with Crippen molar-refractivity contribution >= 4 is 16.0 Å². The van der Waals surface area contributed by atoms with Crippen molar-refractivity contribution in [3.63, 3.8) is 0 Å². The maximum absolute atomic E-state index is 13.1. The molecule has 6 nitrogen and oxygen atoms in total. The van der Waals surface area contributed by atoms with Gasteiger partial charge in [0.1, 0.15) is 0 Å². The highest BCUT2D eigenvalue weighted by atomic mass is 32.2. The van der Waals surface area contributed by atoms with Crippen LogP contribution in [-0.4, -0.2) is 40.6 Å². The summed E-state index contributed by atoms with van der Waals surface area (Å²) in [4.78, 5) is 10.9.